The summed E-state index contributed by atoms with van der Waals surface area (Å²) in [4.78, 5) is 26.1. The molecule has 0 spiro atoms. The number of rotatable bonds is 2. The van der Waals surface area contributed by atoms with Crippen LogP contribution in [0.4, 0.5) is 0 Å². The van der Waals surface area contributed by atoms with Gasteiger partial charge >= 0.3 is 0 Å². The lowest BCUT2D eigenvalue weighted by atomic mass is 9.69. The fourth-order valence-electron chi connectivity index (χ4n) is 3.43. The number of fused-ring (bicyclic) bond motifs is 1. The molecule has 2 aliphatic heterocycles. The van der Waals surface area contributed by atoms with E-state index in [-0.39, 0.29) is 17.7 Å². The van der Waals surface area contributed by atoms with Gasteiger partial charge in [-0.15, -0.1) is 0 Å². The highest BCUT2D eigenvalue weighted by molar-refractivity contribution is 6.07. The van der Waals surface area contributed by atoms with Crippen LogP contribution in [-0.4, -0.2) is 36.9 Å². The first-order valence-electron chi connectivity index (χ1n) is 6.72. The summed E-state index contributed by atoms with van der Waals surface area (Å²) < 4.78 is 0. The number of piperidine rings is 1. The number of likely N-dealkylation sites (tertiary alicyclic amines) is 1. The quantitative estimate of drug-likeness (QED) is 0.799. The van der Waals surface area contributed by atoms with Gasteiger partial charge in [-0.1, -0.05) is 30.3 Å². The summed E-state index contributed by atoms with van der Waals surface area (Å²) in [7, 11) is 1.61. The molecule has 2 heterocycles. The maximum Gasteiger partial charge on any atom is 0.237 e. The fourth-order valence-corrected chi connectivity index (χ4v) is 3.43. The number of hydrogen-bond donors (Lipinski definition) is 1. The number of benzene rings is 1. The minimum Gasteiger partial charge on any atom is -0.316 e. The van der Waals surface area contributed by atoms with Crippen LogP contribution in [0.25, 0.3) is 0 Å². The topological polar surface area (TPSA) is 49.4 Å². The Hall–Kier alpha value is -1.68. The van der Waals surface area contributed by atoms with Crippen molar-refractivity contribution in [2.24, 2.45) is 11.3 Å². The van der Waals surface area contributed by atoms with E-state index in [1.807, 2.05) is 30.3 Å². The van der Waals surface area contributed by atoms with Crippen molar-refractivity contribution in [1.82, 2.24) is 10.2 Å². The molecule has 1 N–H and O–H groups in total. The predicted octanol–water partition coefficient (Wildman–Crippen LogP) is 0.824. The molecule has 100 valence electrons. The molecule has 0 aliphatic carbocycles. The summed E-state index contributed by atoms with van der Waals surface area (Å²) in [6.45, 7) is 1.41. The van der Waals surface area contributed by atoms with Crippen LogP contribution in [0.15, 0.2) is 30.3 Å². The van der Waals surface area contributed by atoms with E-state index < -0.39 is 5.41 Å². The second kappa shape index (κ2) is 4.46. The van der Waals surface area contributed by atoms with Crippen LogP contribution in [0, 0.1) is 11.3 Å². The van der Waals surface area contributed by atoms with Gasteiger partial charge in [0.1, 0.15) is 0 Å². The van der Waals surface area contributed by atoms with Gasteiger partial charge < -0.3 is 5.32 Å². The fraction of sp³-hybridized carbons (Fsp3) is 0.467. The standard InChI is InChI=1S/C15H18N2O2/c1-17-13(18)12-7-8-16-10-15(12,14(17)19)9-11-5-3-2-4-6-11/h2-6,12,16H,7-10H2,1H3. The van der Waals surface area contributed by atoms with E-state index in [0.29, 0.717) is 13.0 Å². The van der Waals surface area contributed by atoms with Gasteiger partial charge in [0.2, 0.25) is 11.8 Å². The molecule has 4 heteroatoms. The number of nitrogens with zero attached hydrogens (tertiary/aromatic N) is 1. The number of carbonyl (C=O) groups is 2. The van der Waals surface area contributed by atoms with Gasteiger partial charge in [-0.2, -0.15) is 0 Å². The summed E-state index contributed by atoms with van der Waals surface area (Å²) in [5, 5.41) is 3.29. The largest absolute Gasteiger partial charge is 0.316 e. The molecule has 2 unspecified atom stereocenters. The third-order valence-electron chi connectivity index (χ3n) is 4.44. The molecular weight excluding hydrogens is 240 g/mol. The van der Waals surface area contributed by atoms with Crippen molar-refractivity contribution >= 4 is 11.8 Å². The number of imide groups is 1. The van der Waals surface area contributed by atoms with Crippen LogP contribution < -0.4 is 5.32 Å². The molecular formula is C15H18N2O2. The Morgan fingerprint density at radius 2 is 2.05 bits per heavy atom. The summed E-state index contributed by atoms with van der Waals surface area (Å²) >= 11 is 0. The number of carbonyl (C=O) groups excluding carboxylic acids is 2. The summed E-state index contributed by atoms with van der Waals surface area (Å²) in [5.74, 6) is -0.201. The van der Waals surface area contributed by atoms with Crippen LogP contribution in [0.5, 0.6) is 0 Å². The number of nitrogens with one attached hydrogen (secondary N) is 1. The highest BCUT2D eigenvalue weighted by atomic mass is 16.2. The van der Waals surface area contributed by atoms with E-state index in [2.05, 4.69) is 5.32 Å². The summed E-state index contributed by atoms with van der Waals surface area (Å²) in [6.07, 6.45) is 1.39. The second-order valence-electron chi connectivity index (χ2n) is 5.54. The Balaban J connectivity index is 1.98. The van der Waals surface area contributed by atoms with Crippen LogP contribution in [0.3, 0.4) is 0 Å². The van der Waals surface area contributed by atoms with E-state index >= 15 is 0 Å². The molecule has 19 heavy (non-hydrogen) atoms. The molecule has 1 aromatic carbocycles. The lowest BCUT2D eigenvalue weighted by molar-refractivity contribution is -0.139. The SMILES string of the molecule is CN1C(=O)C2CCNCC2(Cc2ccccc2)C1=O. The zero-order valence-corrected chi connectivity index (χ0v) is 11.1. The van der Waals surface area contributed by atoms with Gasteiger partial charge in [0, 0.05) is 13.6 Å². The lowest BCUT2D eigenvalue weighted by Gasteiger charge is -2.36. The van der Waals surface area contributed by atoms with Crippen molar-refractivity contribution in [1.29, 1.82) is 0 Å². The summed E-state index contributed by atoms with van der Waals surface area (Å²) in [5.41, 5.74) is 0.540. The predicted molar refractivity (Wildman–Crippen MR) is 71.3 cm³/mol. The van der Waals surface area contributed by atoms with Gasteiger partial charge in [0.15, 0.2) is 0 Å². The minimum atomic E-state index is -0.578. The first-order chi connectivity index (χ1) is 9.15. The molecule has 0 bridgehead atoms. The third kappa shape index (κ3) is 1.78. The van der Waals surface area contributed by atoms with E-state index in [1.54, 1.807) is 7.05 Å². The Morgan fingerprint density at radius 1 is 1.32 bits per heavy atom. The zero-order chi connectivity index (χ0) is 13.5. The van der Waals surface area contributed by atoms with Gasteiger partial charge in [-0.3, -0.25) is 14.5 Å². The smallest absolute Gasteiger partial charge is 0.237 e. The molecule has 2 fully saturated rings. The van der Waals surface area contributed by atoms with E-state index in [4.69, 9.17) is 0 Å². The molecule has 1 aromatic rings. The van der Waals surface area contributed by atoms with Gasteiger partial charge in [-0.05, 0) is 24.9 Å². The first-order valence-corrected chi connectivity index (χ1v) is 6.72. The Kier molecular flexibility index (Phi) is 2.90. The first kappa shape index (κ1) is 12.4. The van der Waals surface area contributed by atoms with Crippen LogP contribution in [-0.2, 0) is 16.0 Å². The maximum atomic E-state index is 12.5. The molecule has 2 aliphatic rings. The molecule has 0 aromatic heterocycles. The zero-order valence-electron chi connectivity index (χ0n) is 11.1. The van der Waals surface area contributed by atoms with Crippen LogP contribution in [0.2, 0.25) is 0 Å². The van der Waals surface area contributed by atoms with Crippen LogP contribution >= 0.6 is 0 Å². The summed E-state index contributed by atoms with van der Waals surface area (Å²) in [6, 6.07) is 9.96. The second-order valence-corrected chi connectivity index (χ2v) is 5.54. The monoisotopic (exact) mass is 258 g/mol. The highest BCUT2D eigenvalue weighted by Crippen LogP contribution is 2.43. The molecule has 0 saturated carbocycles. The molecule has 4 nitrogen and oxygen atoms in total. The molecule has 2 amide bonds. The Labute approximate surface area is 112 Å². The van der Waals surface area contributed by atoms with Crippen molar-refractivity contribution in [3.63, 3.8) is 0 Å². The van der Waals surface area contributed by atoms with E-state index in [9.17, 15) is 9.59 Å². The lowest BCUT2D eigenvalue weighted by Crippen LogP contribution is -2.50. The molecule has 3 rings (SSSR count). The number of amides is 2. The van der Waals surface area contributed by atoms with Crippen molar-refractivity contribution in [2.45, 2.75) is 12.8 Å². The van der Waals surface area contributed by atoms with Crippen molar-refractivity contribution in [2.75, 3.05) is 20.1 Å². The highest BCUT2D eigenvalue weighted by Gasteiger charge is 2.58. The third-order valence-corrected chi connectivity index (χ3v) is 4.44. The van der Waals surface area contributed by atoms with Gasteiger partial charge in [-0.25, -0.2) is 0 Å². The average Bonchev–Trinajstić information content (AvgIpc) is 2.63. The average molecular weight is 258 g/mol. The maximum absolute atomic E-state index is 12.5. The van der Waals surface area contributed by atoms with Crippen molar-refractivity contribution in [3.05, 3.63) is 35.9 Å². The van der Waals surface area contributed by atoms with Gasteiger partial charge in [0.05, 0.1) is 11.3 Å². The Bertz CT molecular complexity index is 514. The minimum absolute atomic E-state index is 0.0116. The van der Waals surface area contributed by atoms with E-state index in [1.165, 1.54) is 4.90 Å². The molecule has 2 atom stereocenters. The molecule has 0 radical (unpaired) electrons. The van der Waals surface area contributed by atoms with Crippen molar-refractivity contribution < 1.29 is 9.59 Å². The van der Waals surface area contributed by atoms with Gasteiger partial charge in [0.25, 0.3) is 0 Å². The Morgan fingerprint density at radius 3 is 2.79 bits per heavy atom. The van der Waals surface area contributed by atoms with Crippen LogP contribution in [0.1, 0.15) is 12.0 Å². The number of hydrogen-bond acceptors (Lipinski definition) is 3. The normalized spacial score (nSPS) is 30.6. The van der Waals surface area contributed by atoms with E-state index in [0.717, 1.165) is 18.5 Å². The van der Waals surface area contributed by atoms with Crippen molar-refractivity contribution in [3.8, 4) is 0 Å². The molecule has 2 saturated heterocycles.